The Morgan fingerprint density at radius 3 is 2.63 bits per heavy atom. The molecular formula is C21H23N3O3. The number of furan rings is 1. The Balaban J connectivity index is 1.78. The normalized spacial score (nSPS) is 10.6. The topological polar surface area (TPSA) is 67.6 Å². The zero-order valence-electron chi connectivity index (χ0n) is 15.5. The molecule has 0 saturated heterocycles. The van der Waals surface area contributed by atoms with Crippen LogP contribution in [-0.2, 0) is 13.1 Å². The van der Waals surface area contributed by atoms with E-state index < -0.39 is 0 Å². The van der Waals surface area contributed by atoms with Crippen LogP contribution in [0.2, 0.25) is 0 Å². The molecule has 2 heterocycles. The number of anilines is 1. The van der Waals surface area contributed by atoms with Gasteiger partial charge in [-0.3, -0.25) is 0 Å². The Kier molecular flexibility index (Phi) is 6.10. The van der Waals surface area contributed by atoms with Gasteiger partial charge in [-0.15, -0.1) is 0 Å². The first-order valence-corrected chi connectivity index (χ1v) is 8.85. The summed E-state index contributed by atoms with van der Waals surface area (Å²) in [5, 5.41) is 2.91. The molecule has 3 aromatic rings. The number of aromatic nitrogens is 1. The van der Waals surface area contributed by atoms with Crippen LogP contribution in [0, 0.1) is 0 Å². The van der Waals surface area contributed by atoms with E-state index in [2.05, 4.69) is 10.3 Å². The molecule has 6 heteroatoms. The highest BCUT2D eigenvalue weighted by molar-refractivity contribution is 5.90. The van der Waals surface area contributed by atoms with Crippen molar-refractivity contribution in [1.29, 1.82) is 0 Å². The van der Waals surface area contributed by atoms with Crippen LogP contribution in [0.5, 0.6) is 5.88 Å². The lowest BCUT2D eigenvalue weighted by atomic mass is 10.2. The molecule has 3 rings (SSSR count). The fraction of sp³-hybridized carbons (Fsp3) is 0.238. The zero-order chi connectivity index (χ0) is 19.1. The molecule has 0 aliphatic heterocycles. The van der Waals surface area contributed by atoms with Crippen molar-refractivity contribution in [3.05, 3.63) is 78.4 Å². The van der Waals surface area contributed by atoms with E-state index in [4.69, 9.17) is 9.15 Å². The minimum atomic E-state index is -0.253. The fourth-order valence-corrected chi connectivity index (χ4v) is 2.59. The molecule has 0 unspecified atom stereocenters. The van der Waals surface area contributed by atoms with Gasteiger partial charge in [0, 0.05) is 12.7 Å². The van der Waals surface area contributed by atoms with Gasteiger partial charge in [-0.2, -0.15) is 0 Å². The fourth-order valence-electron chi connectivity index (χ4n) is 2.59. The minimum Gasteiger partial charge on any atom is -0.473 e. The van der Waals surface area contributed by atoms with E-state index in [0.29, 0.717) is 30.4 Å². The summed E-state index contributed by atoms with van der Waals surface area (Å²) in [6.45, 7) is 4.64. The van der Waals surface area contributed by atoms with Gasteiger partial charge in [0.15, 0.2) is 0 Å². The molecule has 6 nitrogen and oxygen atoms in total. The summed E-state index contributed by atoms with van der Waals surface area (Å²) >= 11 is 0. The maximum Gasteiger partial charge on any atom is 0.322 e. The van der Waals surface area contributed by atoms with E-state index in [-0.39, 0.29) is 12.1 Å². The number of carbonyl (C=O) groups excluding carboxylic acids is 1. The third-order valence-corrected chi connectivity index (χ3v) is 3.79. The molecule has 0 aliphatic carbocycles. The lowest BCUT2D eigenvalue weighted by Gasteiger charge is -2.23. The molecule has 140 valence electrons. The highest BCUT2D eigenvalue weighted by Gasteiger charge is 2.18. The van der Waals surface area contributed by atoms with E-state index in [0.717, 1.165) is 5.56 Å². The van der Waals surface area contributed by atoms with Crippen molar-refractivity contribution in [2.24, 2.45) is 0 Å². The van der Waals surface area contributed by atoms with Crippen molar-refractivity contribution in [2.75, 3.05) is 5.32 Å². The molecule has 0 aliphatic rings. The summed E-state index contributed by atoms with van der Waals surface area (Å²) in [6.07, 6.45) is 3.20. The molecular weight excluding hydrogens is 342 g/mol. The van der Waals surface area contributed by atoms with Crippen LogP contribution >= 0.6 is 0 Å². The quantitative estimate of drug-likeness (QED) is 0.659. The summed E-state index contributed by atoms with van der Waals surface area (Å²) < 4.78 is 11.1. The van der Waals surface area contributed by atoms with Crippen molar-refractivity contribution in [1.82, 2.24) is 9.88 Å². The Bertz CT molecular complexity index is 848. The van der Waals surface area contributed by atoms with E-state index in [9.17, 15) is 4.79 Å². The SMILES string of the molecule is CC(C)Oc1ncccc1NC(=O)N(Cc1ccccc1)Cc1ccco1. The van der Waals surface area contributed by atoms with Gasteiger partial charge < -0.3 is 19.4 Å². The zero-order valence-corrected chi connectivity index (χ0v) is 15.5. The summed E-state index contributed by atoms with van der Waals surface area (Å²) in [4.78, 5) is 18.9. The number of hydrogen-bond acceptors (Lipinski definition) is 4. The molecule has 1 aromatic carbocycles. The lowest BCUT2D eigenvalue weighted by Crippen LogP contribution is -2.34. The van der Waals surface area contributed by atoms with Crippen LogP contribution in [0.1, 0.15) is 25.2 Å². The number of nitrogens with zero attached hydrogens (tertiary/aromatic N) is 2. The Morgan fingerprint density at radius 1 is 1.11 bits per heavy atom. The summed E-state index contributed by atoms with van der Waals surface area (Å²) in [5.74, 6) is 1.12. The molecule has 0 spiro atoms. The van der Waals surface area contributed by atoms with Crippen LogP contribution in [0.25, 0.3) is 0 Å². The molecule has 27 heavy (non-hydrogen) atoms. The highest BCUT2D eigenvalue weighted by atomic mass is 16.5. The number of ether oxygens (including phenoxy) is 1. The van der Waals surface area contributed by atoms with Gasteiger partial charge in [0.1, 0.15) is 11.4 Å². The molecule has 1 N–H and O–H groups in total. The summed E-state index contributed by atoms with van der Waals surface area (Å²) in [5.41, 5.74) is 1.57. The second-order valence-electron chi connectivity index (χ2n) is 6.37. The Hall–Kier alpha value is -3.28. The lowest BCUT2D eigenvalue weighted by molar-refractivity contribution is 0.200. The summed E-state index contributed by atoms with van der Waals surface area (Å²) in [7, 11) is 0. The van der Waals surface area contributed by atoms with E-state index in [1.165, 1.54) is 0 Å². The number of urea groups is 1. The first-order chi connectivity index (χ1) is 13.1. The van der Waals surface area contributed by atoms with E-state index in [1.54, 1.807) is 29.5 Å². The monoisotopic (exact) mass is 365 g/mol. The maximum absolute atomic E-state index is 13.0. The first-order valence-electron chi connectivity index (χ1n) is 8.85. The molecule has 2 aromatic heterocycles. The predicted molar refractivity (Wildman–Crippen MR) is 103 cm³/mol. The predicted octanol–water partition coefficient (Wildman–Crippen LogP) is 4.70. The van der Waals surface area contributed by atoms with Crippen LogP contribution in [0.3, 0.4) is 0 Å². The van der Waals surface area contributed by atoms with E-state index >= 15 is 0 Å². The van der Waals surface area contributed by atoms with Gasteiger partial charge in [-0.1, -0.05) is 30.3 Å². The van der Waals surface area contributed by atoms with Crippen LogP contribution in [0.4, 0.5) is 10.5 Å². The molecule has 0 atom stereocenters. The number of hydrogen-bond donors (Lipinski definition) is 1. The molecule has 0 bridgehead atoms. The number of amides is 2. The minimum absolute atomic E-state index is 0.0425. The van der Waals surface area contributed by atoms with Crippen LogP contribution in [0.15, 0.2) is 71.5 Å². The Morgan fingerprint density at radius 2 is 1.93 bits per heavy atom. The van der Waals surface area contributed by atoms with Gasteiger partial charge in [0.25, 0.3) is 0 Å². The molecule has 2 amide bonds. The largest absolute Gasteiger partial charge is 0.473 e. The number of benzene rings is 1. The number of pyridine rings is 1. The van der Waals surface area contributed by atoms with Gasteiger partial charge in [-0.25, -0.2) is 9.78 Å². The third kappa shape index (κ3) is 5.34. The smallest absolute Gasteiger partial charge is 0.322 e. The average Bonchev–Trinajstić information content (AvgIpc) is 3.16. The van der Waals surface area contributed by atoms with Crippen LogP contribution in [-0.4, -0.2) is 22.0 Å². The van der Waals surface area contributed by atoms with Gasteiger partial charge in [0.05, 0.1) is 18.9 Å². The van der Waals surface area contributed by atoms with E-state index in [1.807, 2.05) is 56.3 Å². The second kappa shape index (κ2) is 8.89. The number of carbonyl (C=O) groups is 1. The first kappa shape index (κ1) is 18.5. The van der Waals surface area contributed by atoms with Crippen molar-refractivity contribution >= 4 is 11.7 Å². The maximum atomic E-state index is 13.0. The van der Waals surface area contributed by atoms with Gasteiger partial charge in [-0.05, 0) is 43.7 Å². The summed E-state index contributed by atoms with van der Waals surface area (Å²) in [6, 6.07) is 16.8. The van der Waals surface area contributed by atoms with Crippen molar-refractivity contribution in [3.63, 3.8) is 0 Å². The van der Waals surface area contributed by atoms with Crippen molar-refractivity contribution in [3.8, 4) is 5.88 Å². The van der Waals surface area contributed by atoms with Gasteiger partial charge >= 0.3 is 6.03 Å². The van der Waals surface area contributed by atoms with Crippen LogP contribution < -0.4 is 10.1 Å². The molecule has 0 saturated carbocycles. The Labute approximate surface area is 158 Å². The van der Waals surface area contributed by atoms with Gasteiger partial charge in [0.2, 0.25) is 5.88 Å². The molecule has 0 fully saturated rings. The standard InChI is InChI=1S/C21H23N3O3/c1-16(2)27-20-19(11-6-12-22-20)23-21(25)24(15-18-10-7-13-26-18)14-17-8-4-3-5-9-17/h3-13,16H,14-15H2,1-2H3,(H,23,25). The second-order valence-corrected chi connectivity index (χ2v) is 6.37. The number of rotatable bonds is 7. The molecule has 0 radical (unpaired) electrons. The number of nitrogens with one attached hydrogen (secondary N) is 1. The van der Waals surface area contributed by atoms with Crippen molar-refractivity contribution < 1.29 is 13.9 Å². The van der Waals surface area contributed by atoms with Crippen molar-refractivity contribution in [2.45, 2.75) is 33.0 Å². The average molecular weight is 365 g/mol. The highest BCUT2D eigenvalue weighted by Crippen LogP contribution is 2.23. The third-order valence-electron chi connectivity index (χ3n) is 3.79.